The molecule has 0 saturated carbocycles. The Morgan fingerprint density at radius 3 is 2.86 bits per heavy atom. The highest BCUT2D eigenvalue weighted by molar-refractivity contribution is 7.98. The number of imidazole rings is 1. The van der Waals surface area contributed by atoms with E-state index in [2.05, 4.69) is 15.0 Å². The summed E-state index contributed by atoms with van der Waals surface area (Å²) in [6, 6.07) is 7.36. The van der Waals surface area contributed by atoms with Crippen LogP contribution in [0.2, 0.25) is 5.02 Å². The maximum Gasteiger partial charge on any atom is 0.183 e. The van der Waals surface area contributed by atoms with Crippen LogP contribution in [-0.2, 0) is 5.75 Å². The summed E-state index contributed by atoms with van der Waals surface area (Å²) in [7, 11) is 3.22. The Hall–Kier alpha value is -1.92. The molecule has 0 fully saturated rings. The van der Waals surface area contributed by atoms with Gasteiger partial charge in [0, 0.05) is 23.0 Å². The van der Waals surface area contributed by atoms with Gasteiger partial charge < -0.3 is 14.5 Å². The number of pyridine rings is 1. The molecule has 2 heterocycles. The van der Waals surface area contributed by atoms with Gasteiger partial charge in [0.05, 0.1) is 30.9 Å². The average molecular weight is 336 g/mol. The van der Waals surface area contributed by atoms with Crippen LogP contribution in [0.4, 0.5) is 0 Å². The fourth-order valence-electron chi connectivity index (χ4n) is 2.11. The fraction of sp³-hybridized carbons (Fsp3) is 0.200. The van der Waals surface area contributed by atoms with Gasteiger partial charge in [-0.25, -0.2) is 4.98 Å². The second kappa shape index (κ2) is 6.46. The fourth-order valence-corrected chi connectivity index (χ4v) is 3.10. The molecule has 3 aromatic rings. The summed E-state index contributed by atoms with van der Waals surface area (Å²) < 4.78 is 10.7. The van der Waals surface area contributed by atoms with Crippen LogP contribution in [0.15, 0.2) is 35.6 Å². The molecule has 0 unspecified atom stereocenters. The van der Waals surface area contributed by atoms with Gasteiger partial charge in [-0.3, -0.25) is 4.98 Å². The monoisotopic (exact) mass is 335 g/mol. The van der Waals surface area contributed by atoms with Crippen LogP contribution in [0.25, 0.3) is 11.0 Å². The predicted molar refractivity (Wildman–Crippen MR) is 88.0 cm³/mol. The summed E-state index contributed by atoms with van der Waals surface area (Å²) in [5.41, 5.74) is 2.61. The smallest absolute Gasteiger partial charge is 0.183 e. The summed E-state index contributed by atoms with van der Waals surface area (Å²) in [6.45, 7) is 0. The van der Waals surface area contributed by atoms with Crippen molar-refractivity contribution in [3.8, 4) is 11.5 Å². The topological polar surface area (TPSA) is 60.0 Å². The van der Waals surface area contributed by atoms with Crippen molar-refractivity contribution in [2.45, 2.75) is 10.9 Å². The maximum absolute atomic E-state index is 5.97. The summed E-state index contributed by atoms with van der Waals surface area (Å²) >= 11 is 7.52. The van der Waals surface area contributed by atoms with Gasteiger partial charge in [0.1, 0.15) is 0 Å². The van der Waals surface area contributed by atoms with Gasteiger partial charge in [0.25, 0.3) is 0 Å². The molecule has 0 spiro atoms. The van der Waals surface area contributed by atoms with Gasteiger partial charge in [-0.2, -0.15) is 0 Å². The van der Waals surface area contributed by atoms with Crippen molar-refractivity contribution in [2.24, 2.45) is 0 Å². The van der Waals surface area contributed by atoms with E-state index in [4.69, 9.17) is 21.1 Å². The van der Waals surface area contributed by atoms with Gasteiger partial charge in [-0.05, 0) is 18.2 Å². The van der Waals surface area contributed by atoms with E-state index in [1.807, 2.05) is 18.2 Å². The lowest BCUT2D eigenvalue weighted by atomic mass is 10.3. The molecule has 0 bridgehead atoms. The van der Waals surface area contributed by atoms with Crippen LogP contribution in [0.5, 0.6) is 11.5 Å². The summed E-state index contributed by atoms with van der Waals surface area (Å²) in [4.78, 5) is 12.1. The third-order valence-corrected chi connectivity index (χ3v) is 4.25. The highest BCUT2D eigenvalue weighted by Gasteiger charge is 2.12. The first kappa shape index (κ1) is 15.0. The van der Waals surface area contributed by atoms with E-state index in [1.54, 1.807) is 38.2 Å². The van der Waals surface area contributed by atoms with Gasteiger partial charge in [-0.15, -0.1) is 0 Å². The van der Waals surface area contributed by atoms with Gasteiger partial charge in [0.15, 0.2) is 16.7 Å². The number of rotatable bonds is 5. The third kappa shape index (κ3) is 2.98. The minimum Gasteiger partial charge on any atom is -0.493 e. The lowest BCUT2D eigenvalue weighted by molar-refractivity contribution is 0.350. The van der Waals surface area contributed by atoms with Gasteiger partial charge in [-0.1, -0.05) is 23.4 Å². The minimum absolute atomic E-state index is 0.619. The number of thioether (sulfide) groups is 1. The Morgan fingerprint density at radius 2 is 2.09 bits per heavy atom. The molecule has 2 aromatic heterocycles. The van der Waals surface area contributed by atoms with E-state index in [0.29, 0.717) is 22.3 Å². The van der Waals surface area contributed by atoms with Crippen LogP contribution < -0.4 is 9.47 Å². The number of hydrogen-bond acceptors (Lipinski definition) is 5. The molecule has 0 aliphatic heterocycles. The molecule has 0 amide bonds. The number of hydrogen-bond donors (Lipinski definition) is 1. The number of aromatic nitrogens is 3. The Kier molecular flexibility index (Phi) is 4.40. The lowest BCUT2D eigenvalue weighted by Crippen LogP contribution is -1.97. The molecule has 1 aromatic carbocycles. The van der Waals surface area contributed by atoms with Crippen LogP contribution in [0.1, 0.15) is 5.69 Å². The minimum atomic E-state index is 0.619. The van der Waals surface area contributed by atoms with Crippen molar-refractivity contribution < 1.29 is 9.47 Å². The number of H-pyrrole nitrogens is 1. The molecular weight excluding hydrogens is 322 g/mol. The number of aromatic amines is 1. The van der Waals surface area contributed by atoms with Crippen molar-refractivity contribution >= 4 is 34.4 Å². The zero-order valence-corrected chi connectivity index (χ0v) is 13.7. The summed E-state index contributed by atoms with van der Waals surface area (Å²) in [6.07, 6.45) is 1.70. The van der Waals surface area contributed by atoms with E-state index < -0.39 is 0 Å². The number of halogens is 1. The molecule has 3 rings (SSSR count). The molecule has 0 saturated heterocycles. The van der Waals surface area contributed by atoms with Gasteiger partial charge in [0.2, 0.25) is 0 Å². The molecule has 114 valence electrons. The Labute approximate surface area is 137 Å². The molecule has 0 aliphatic carbocycles. The Morgan fingerprint density at radius 1 is 1.23 bits per heavy atom. The first-order chi connectivity index (χ1) is 10.7. The van der Waals surface area contributed by atoms with E-state index in [9.17, 15) is 0 Å². The van der Waals surface area contributed by atoms with Crippen molar-refractivity contribution in [3.63, 3.8) is 0 Å². The molecule has 0 atom stereocenters. The number of nitrogens with zero attached hydrogens (tertiary/aromatic N) is 2. The van der Waals surface area contributed by atoms with Crippen LogP contribution in [-0.4, -0.2) is 29.2 Å². The second-order valence-electron chi connectivity index (χ2n) is 4.49. The highest BCUT2D eigenvalue weighted by atomic mass is 35.5. The number of benzene rings is 1. The van der Waals surface area contributed by atoms with E-state index in [0.717, 1.165) is 21.9 Å². The molecule has 1 N–H and O–H groups in total. The summed E-state index contributed by atoms with van der Waals surface area (Å²) in [5, 5.41) is 1.48. The first-order valence-electron chi connectivity index (χ1n) is 6.55. The molecule has 0 radical (unpaired) electrons. The number of nitrogens with one attached hydrogen (secondary N) is 1. The standard InChI is InChI=1S/C15H14ClN3O2S/c1-20-13-5-6-17-12(14(13)21-2)8-22-15-18-10-4-3-9(16)7-11(10)19-15/h3-7H,8H2,1-2H3,(H,18,19). The molecular formula is C15H14ClN3O2S. The van der Waals surface area contributed by atoms with Crippen molar-refractivity contribution in [3.05, 3.63) is 41.2 Å². The van der Waals surface area contributed by atoms with E-state index >= 15 is 0 Å². The predicted octanol–water partition coefficient (Wildman–Crippen LogP) is 3.92. The largest absolute Gasteiger partial charge is 0.493 e. The number of methoxy groups -OCH3 is 2. The normalized spacial score (nSPS) is 10.9. The quantitative estimate of drug-likeness (QED) is 0.716. The first-order valence-corrected chi connectivity index (χ1v) is 7.91. The summed E-state index contributed by atoms with van der Waals surface area (Å²) in [5.74, 6) is 1.94. The van der Waals surface area contributed by atoms with Gasteiger partial charge >= 0.3 is 0 Å². The SMILES string of the molecule is COc1ccnc(CSc2nc3cc(Cl)ccc3[nH]2)c1OC. The van der Waals surface area contributed by atoms with Crippen molar-refractivity contribution in [1.82, 2.24) is 15.0 Å². The average Bonchev–Trinajstić information content (AvgIpc) is 2.94. The van der Waals surface area contributed by atoms with Crippen LogP contribution >= 0.6 is 23.4 Å². The Bertz CT molecular complexity index is 807. The van der Waals surface area contributed by atoms with E-state index in [1.165, 1.54) is 0 Å². The van der Waals surface area contributed by atoms with Crippen molar-refractivity contribution in [2.75, 3.05) is 14.2 Å². The van der Waals surface area contributed by atoms with E-state index in [-0.39, 0.29) is 0 Å². The zero-order valence-electron chi connectivity index (χ0n) is 12.1. The molecule has 22 heavy (non-hydrogen) atoms. The third-order valence-electron chi connectivity index (χ3n) is 3.14. The highest BCUT2D eigenvalue weighted by Crippen LogP contribution is 2.33. The lowest BCUT2D eigenvalue weighted by Gasteiger charge is -2.10. The molecule has 5 nitrogen and oxygen atoms in total. The number of ether oxygens (including phenoxy) is 2. The maximum atomic E-state index is 5.97. The second-order valence-corrected chi connectivity index (χ2v) is 5.89. The van der Waals surface area contributed by atoms with Crippen LogP contribution in [0, 0.1) is 0 Å². The van der Waals surface area contributed by atoms with Crippen molar-refractivity contribution in [1.29, 1.82) is 0 Å². The molecule has 0 aliphatic rings. The molecule has 7 heteroatoms. The van der Waals surface area contributed by atoms with Crippen LogP contribution in [0.3, 0.4) is 0 Å². The number of fused-ring (bicyclic) bond motifs is 1. The zero-order chi connectivity index (χ0) is 15.5. The Balaban J connectivity index is 1.82.